The molecule has 7 nitrogen and oxygen atoms in total. The summed E-state index contributed by atoms with van der Waals surface area (Å²) >= 11 is 4.93. The van der Waals surface area contributed by atoms with E-state index < -0.39 is 5.60 Å². The molecule has 0 aromatic carbocycles. The number of amides is 1. The lowest BCUT2D eigenvalue weighted by Crippen LogP contribution is -2.33. The van der Waals surface area contributed by atoms with Crippen LogP contribution in [0.25, 0.3) is 0 Å². The number of aromatic amines is 1. The van der Waals surface area contributed by atoms with Crippen molar-refractivity contribution < 1.29 is 9.53 Å². The van der Waals surface area contributed by atoms with Gasteiger partial charge >= 0.3 is 6.09 Å². The number of rotatable bonds is 6. The van der Waals surface area contributed by atoms with E-state index in [4.69, 9.17) is 22.8 Å². The van der Waals surface area contributed by atoms with Crippen molar-refractivity contribution in [3.05, 3.63) is 10.6 Å². The van der Waals surface area contributed by atoms with Crippen LogP contribution in [-0.4, -0.2) is 33.1 Å². The number of alkyl carbamates (subject to hydrolysis) is 1. The van der Waals surface area contributed by atoms with Crippen molar-refractivity contribution in [2.24, 2.45) is 0 Å². The molecule has 0 radical (unpaired) electrons. The highest BCUT2D eigenvalue weighted by atomic mass is 32.1. The van der Waals surface area contributed by atoms with E-state index in [1.807, 2.05) is 20.8 Å². The summed E-state index contributed by atoms with van der Waals surface area (Å²) < 4.78 is 6.94. The van der Waals surface area contributed by atoms with Gasteiger partial charge in [-0.3, -0.25) is 5.10 Å². The van der Waals surface area contributed by atoms with Crippen LogP contribution in [0.3, 0.4) is 0 Å². The molecule has 1 aromatic rings. The average Bonchev–Trinajstić information content (AvgIpc) is 2.63. The number of hydrogen-bond acceptors (Lipinski definition) is 5. The lowest BCUT2D eigenvalue weighted by atomic mass is 10.2. The van der Waals surface area contributed by atoms with Gasteiger partial charge < -0.3 is 15.9 Å². The summed E-state index contributed by atoms with van der Waals surface area (Å²) in [5.74, 6) is 6.43. The van der Waals surface area contributed by atoms with Gasteiger partial charge in [-0.1, -0.05) is 6.42 Å². The molecule has 20 heavy (non-hydrogen) atoms. The lowest BCUT2D eigenvalue weighted by molar-refractivity contribution is 0.0527. The zero-order chi connectivity index (χ0) is 15.2. The molecule has 0 saturated heterocycles. The molecule has 1 aromatic heterocycles. The number of H-pyrrole nitrogens is 1. The molecule has 0 aliphatic rings. The highest BCUT2D eigenvalue weighted by Gasteiger charge is 2.15. The number of unbranched alkanes of at least 4 members (excludes halogenated alkanes) is 2. The minimum atomic E-state index is -0.458. The highest BCUT2D eigenvalue weighted by molar-refractivity contribution is 7.71. The maximum Gasteiger partial charge on any atom is 0.407 e. The molecule has 0 aliphatic heterocycles. The van der Waals surface area contributed by atoms with Crippen LogP contribution in [0.1, 0.15) is 45.9 Å². The van der Waals surface area contributed by atoms with Gasteiger partial charge in [0.25, 0.3) is 0 Å². The van der Waals surface area contributed by atoms with Gasteiger partial charge in [0.05, 0.1) is 0 Å². The van der Waals surface area contributed by atoms with Gasteiger partial charge in [-0.25, -0.2) is 9.47 Å². The Morgan fingerprint density at radius 1 is 1.45 bits per heavy atom. The fourth-order valence-electron chi connectivity index (χ4n) is 1.60. The first-order chi connectivity index (χ1) is 9.29. The number of nitrogen functional groups attached to an aromatic ring is 1. The first-order valence-corrected chi connectivity index (χ1v) is 7.08. The average molecular weight is 301 g/mol. The van der Waals surface area contributed by atoms with Crippen LogP contribution < -0.4 is 11.2 Å². The molecular weight excluding hydrogens is 278 g/mol. The second-order valence-electron chi connectivity index (χ2n) is 5.55. The van der Waals surface area contributed by atoms with Gasteiger partial charge in [0.15, 0.2) is 5.82 Å². The van der Waals surface area contributed by atoms with E-state index in [-0.39, 0.29) is 6.09 Å². The molecule has 0 bridgehead atoms. The smallest absolute Gasteiger partial charge is 0.407 e. The van der Waals surface area contributed by atoms with Crippen molar-refractivity contribution in [2.45, 2.75) is 52.1 Å². The van der Waals surface area contributed by atoms with Gasteiger partial charge in [-0.2, -0.15) is 5.10 Å². The summed E-state index contributed by atoms with van der Waals surface area (Å²) in [7, 11) is 0. The van der Waals surface area contributed by atoms with E-state index >= 15 is 0 Å². The molecular formula is C12H23N5O2S. The third kappa shape index (κ3) is 6.05. The summed E-state index contributed by atoms with van der Waals surface area (Å²) in [4.78, 5) is 11.4. The van der Waals surface area contributed by atoms with E-state index in [0.29, 0.717) is 11.3 Å². The fraction of sp³-hybridized carbons (Fsp3) is 0.750. The number of nitrogens with one attached hydrogen (secondary N) is 2. The van der Waals surface area contributed by atoms with Gasteiger partial charge in [0, 0.05) is 13.0 Å². The van der Waals surface area contributed by atoms with Crippen LogP contribution in [0.15, 0.2) is 0 Å². The SMILES string of the molecule is CC(C)(C)OC(=O)NCCCCCc1n[nH]c(=S)n1N. The Kier molecular flexibility index (Phi) is 6.00. The van der Waals surface area contributed by atoms with Crippen LogP contribution in [-0.2, 0) is 11.2 Å². The molecule has 114 valence electrons. The Bertz CT molecular complexity index is 489. The monoisotopic (exact) mass is 301 g/mol. The molecule has 1 amide bonds. The predicted molar refractivity (Wildman–Crippen MR) is 79.4 cm³/mol. The zero-order valence-corrected chi connectivity index (χ0v) is 13.0. The van der Waals surface area contributed by atoms with E-state index in [1.54, 1.807) is 0 Å². The van der Waals surface area contributed by atoms with Crippen molar-refractivity contribution in [1.29, 1.82) is 0 Å². The minimum Gasteiger partial charge on any atom is -0.444 e. The molecule has 0 aliphatic carbocycles. The Morgan fingerprint density at radius 2 is 2.15 bits per heavy atom. The number of aryl methyl sites for hydroxylation is 1. The Hall–Kier alpha value is -1.57. The van der Waals surface area contributed by atoms with Crippen LogP contribution in [0.5, 0.6) is 0 Å². The summed E-state index contributed by atoms with van der Waals surface area (Å²) in [5, 5.41) is 9.40. The molecule has 8 heteroatoms. The van der Waals surface area contributed by atoms with Crippen molar-refractivity contribution in [3.63, 3.8) is 0 Å². The highest BCUT2D eigenvalue weighted by Crippen LogP contribution is 2.06. The summed E-state index contributed by atoms with van der Waals surface area (Å²) in [6.45, 7) is 6.12. The Balaban J connectivity index is 2.10. The fourth-order valence-corrected chi connectivity index (χ4v) is 1.75. The number of nitrogens with zero attached hydrogens (tertiary/aromatic N) is 2. The second-order valence-corrected chi connectivity index (χ2v) is 5.94. The van der Waals surface area contributed by atoms with Crippen LogP contribution in [0.4, 0.5) is 4.79 Å². The summed E-state index contributed by atoms with van der Waals surface area (Å²) in [5.41, 5.74) is -0.458. The van der Waals surface area contributed by atoms with Crippen molar-refractivity contribution >= 4 is 18.3 Å². The van der Waals surface area contributed by atoms with Gasteiger partial charge in [-0.05, 0) is 45.8 Å². The normalized spacial score (nSPS) is 11.3. The molecule has 0 unspecified atom stereocenters. The molecule has 1 heterocycles. The maximum absolute atomic E-state index is 11.4. The molecule has 1 rings (SSSR count). The van der Waals surface area contributed by atoms with Gasteiger partial charge in [0.1, 0.15) is 5.60 Å². The maximum atomic E-state index is 11.4. The molecule has 0 saturated carbocycles. The predicted octanol–water partition coefficient (Wildman–Crippen LogP) is 1.89. The minimum absolute atomic E-state index is 0.375. The van der Waals surface area contributed by atoms with Crippen LogP contribution in [0, 0.1) is 4.77 Å². The third-order valence-corrected chi connectivity index (χ3v) is 2.81. The number of hydrogen-bond donors (Lipinski definition) is 3. The van der Waals surface area contributed by atoms with Crippen LogP contribution in [0.2, 0.25) is 0 Å². The topological polar surface area (TPSA) is 98.0 Å². The number of nitrogens with two attached hydrogens (primary N) is 1. The largest absolute Gasteiger partial charge is 0.444 e. The number of aromatic nitrogens is 3. The first kappa shape index (κ1) is 16.5. The second kappa shape index (κ2) is 7.28. The third-order valence-electron chi connectivity index (χ3n) is 2.52. The lowest BCUT2D eigenvalue weighted by Gasteiger charge is -2.19. The van der Waals surface area contributed by atoms with Crippen molar-refractivity contribution in [3.8, 4) is 0 Å². The summed E-state index contributed by atoms with van der Waals surface area (Å²) in [6.07, 6.45) is 3.17. The molecule has 0 atom stereocenters. The standard InChI is InChI=1S/C12H23N5O2S/c1-12(2,3)19-11(18)14-8-6-4-5-7-9-15-16-10(20)17(9)13/h4-8,13H2,1-3H3,(H,14,18)(H,16,20). The van der Waals surface area contributed by atoms with E-state index in [2.05, 4.69) is 15.5 Å². The Morgan fingerprint density at radius 3 is 2.70 bits per heavy atom. The van der Waals surface area contributed by atoms with Crippen molar-refractivity contribution in [2.75, 3.05) is 12.4 Å². The van der Waals surface area contributed by atoms with Crippen LogP contribution >= 0.6 is 12.2 Å². The van der Waals surface area contributed by atoms with E-state index in [1.165, 1.54) is 4.68 Å². The van der Waals surface area contributed by atoms with E-state index in [9.17, 15) is 4.79 Å². The quantitative estimate of drug-likeness (QED) is 0.423. The molecule has 0 fully saturated rings. The van der Waals surface area contributed by atoms with Gasteiger partial charge in [0.2, 0.25) is 4.77 Å². The molecule has 0 spiro atoms. The zero-order valence-electron chi connectivity index (χ0n) is 12.2. The number of carbonyl (C=O) groups excluding carboxylic acids is 1. The molecule has 4 N–H and O–H groups in total. The Labute approximate surface area is 123 Å². The first-order valence-electron chi connectivity index (χ1n) is 6.68. The van der Waals surface area contributed by atoms with Gasteiger partial charge in [-0.15, -0.1) is 0 Å². The number of ether oxygens (including phenoxy) is 1. The number of carbonyl (C=O) groups is 1. The summed E-state index contributed by atoms with van der Waals surface area (Å²) in [6, 6.07) is 0. The van der Waals surface area contributed by atoms with E-state index in [0.717, 1.165) is 31.5 Å². The van der Waals surface area contributed by atoms with Crippen molar-refractivity contribution in [1.82, 2.24) is 20.2 Å².